The van der Waals surface area contributed by atoms with Gasteiger partial charge in [-0.1, -0.05) is 30.3 Å². The number of carbonyl (C=O) groups excluding carboxylic acids is 2. The van der Waals surface area contributed by atoms with E-state index in [1.165, 1.54) is 6.08 Å². The maximum Gasteiger partial charge on any atom is 0.244 e. The van der Waals surface area contributed by atoms with Crippen molar-refractivity contribution in [1.29, 1.82) is 0 Å². The van der Waals surface area contributed by atoms with Gasteiger partial charge in [0.15, 0.2) is 9.84 Å². The van der Waals surface area contributed by atoms with Gasteiger partial charge in [0, 0.05) is 12.6 Å². The van der Waals surface area contributed by atoms with Gasteiger partial charge in [-0.05, 0) is 49.2 Å². The van der Waals surface area contributed by atoms with E-state index in [9.17, 15) is 18.0 Å². The van der Waals surface area contributed by atoms with Crippen molar-refractivity contribution in [3.8, 4) is 5.75 Å². The number of methoxy groups -OCH3 is 1. The molecule has 0 aliphatic heterocycles. The zero-order valence-electron chi connectivity index (χ0n) is 17.0. The Balaban J connectivity index is 1.73. The molecule has 2 aromatic rings. The standard InChI is InChI=1S/C22H26N2O5S/c1-17(24-21(25)14-11-18-9-12-19(29-2)13-10-18)22(26)23-15-6-16-30(27,28)20-7-4-3-5-8-20/h3-5,7-14,17H,6,15-16H2,1-2H3,(H,23,26)(H,24,25)/b14-11+. The minimum atomic E-state index is -3.37. The van der Waals surface area contributed by atoms with Crippen molar-refractivity contribution >= 4 is 27.7 Å². The van der Waals surface area contributed by atoms with E-state index in [-0.39, 0.29) is 29.5 Å². The number of hydrogen-bond donors (Lipinski definition) is 2. The summed E-state index contributed by atoms with van der Waals surface area (Å²) in [4.78, 5) is 24.4. The van der Waals surface area contributed by atoms with Gasteiger partial charge in [0.05, 0.1) is 17.8 Å². The van der Waals surface area contributed by atoms with Gasteiger partial charge < -0.3 is 15.4 Å². The van der Waals surface area contributed by atoms with E-state index < -0.39 is 21.8 Å². The fourth-order valence-electron chi connectivity index (χ4n) is 2.59. The van der Waals surface area contributed by atoms with Crippen LogP contribution in [0.5, 0.6) is 5.75 Å². The molecule has 2 amide bonds. The Morgan fingerprint density at radius 3 is 2.37 bits per heavy atom. The highest BCUT2D eigenvalue weighted by molar-refractivity contribution is 7.91. The van der Waals surface area contributed by atoms with Gasteiger partial charge in [-0.2, -0.15) is 0 Å². The summed E-state index contributed by atoms with van der Waals surface area (Å²) in [6.45, 7) is 1.77. The second kappa shape index (κ2) is 11.2. The number of nitrogens with one attached hydrogen (secondary N) is 2. The van der Waals surface area contributed by atoms with E-state index in [2.05, 4.69) is 10.6 Å². The van der Waals surface area contributed by atoms with Crippen LogP contribution in [-0.4, -0.2) is 45.7 Å². The van der Waals surface area contributed by atoms with Crippen LogP contribution in [0.4, 0.5) is 0 Å². The molecule has 0 spiro atoms. The summed E-state index contributed by atoms with van der Waals surface area (Å²) < 4.78 is 29.5. The van der Waals surface area contributed by atoms with E-state index >= 15 is 0 Å². The molecule has 30 heavy (non-hydrogen) atoms. The van der Waals surface area contributed by atoms with Gasteiger partial charge in [-0.15, -0.1) is 0 Å². The lowest BCUT2D eigenvalue weighted by Gasteiger charge is -2.13. The van der Waals surface area contributed by atoms with Crippen LogP contribution in [0.1, 0.15) is 18.9 Å². The molecular formula is C22H26N2O5S. The molecule has 7 nitrogen and oxygen atoms in total. The molecule has 0 heterocycles. The van der Waals surface area contributed by atoms with Crippen molar-refractivity contribution < 1.29 is 22.7 Å². The largest absolute Gasteiger partial charge is 0.497 e. The Morgan fingerprint density at radius 1 is 1.07 bits per heavy atom. The van der Waals surface area contributed by atoms with Gasteiger partial charge in [0.2, 0.25) is 11.8 Å². The third-order valence-electron chi connectivity index (χ3n) is 4.29. The molecule has 0 aliphatic carbocycles. The number of benzene rings is 2. The first kappa shape index (κ1) is 23.2. The van der Waals surface area contributed by atoms with E-state index in [0.29, 0.717) is 0 Å². The Bertz CT molecular complexity index is 970. The number of sulfone groups is 1. The summed E-state index contributed by atoms with van der Waals surface area (Å²) >= 11 is 0. The van der Waals surface area contributed by atoms with Crippen LogP contribution in [0.3, 0.4) is 0 Å². The van der Waals surface area contributed by atoms with Crippen molar-refractivity contribution in [3.63, 3.8) is 0 Å². The highest BCUT2D eigenvalue weighted by atomic mass is 32.2. The first-order valence-corrected chi connectivity index (χ1v) is 11.2. The van der Waals surface area contributed by atoms with Crippen LogP contribution in [0.2, 0.25) is 0 Å². The average Bonchev–Trinajstić information content (AvgIpc) is 2.76. The van der Waals surface area contributed by atoms with Crippen molar-refractivity contribution in [2.24, 2.45) is 0 Å². The molecule has 0 fully saturated rings. The predicted octanol–water partition coefficient (Wildman–Crippen LogP) is 2.19. The lowest BCUT2D eigenvalue weighted by Crippen LogP contribution is -2.44. The van der Waals surface area contributed by atoms with Crippen molar-refractivity contribution in [2.45, 2.75) is 24.3 Å². The van der Waals surface area contributed by atoms with Crippen LogP contribution in [0, 0.1) is 0 Å². The van der Waals surface area contributed by atoms with Gasteiger partial charge >= 0.3 is 0 Å². The summed E-state index contributed by atoms with van der Waals surface area (Å²) in [7, 11) is -1.80. The molecular weight excluding hydrogens is 404 g/mol. The SMILES string of the molecule is COc1ccc(/C=C/C(=O)NC(C)C(=O)NCCCS(=O)(=O)c2ccccc2)cc1. The van der Waals surface area contributed by atoms with Crippen LogP contribution >= 0.6 is 0 Å². The second-order valence-electron chi connectivity index (χ2n) is 6.61. The highest BCUT2D eigenvalue weighted by Gasteiger charge is 2.16. The van der Waals surface area contributed by atoms with Gasteiger partial charge in [0.1, 0.15) is 11.8 Å². The Kier molecular flexibility index (Phi) is 8.61. The number of rotatable bonds is 10. The summed E-state index contributed by atoms with van der Waals surface area (Å²) in [5.74, 6) is -0.125. The first-order chi connectivity index (χ1) is 14.3. The molecule has 0 saturated carbocycles. The Hall–Kier alpha value is -3.13. The zero-order chi connectivity index (χ0) is 22.0. The molecule has 160 valence electrons. The first-order valence-electron chi connectivity index (χ1n) is 9.50. The summed E-state index contributed by atoms with van der Waals surface area (Å²) in [6.07, 6.45) is 3.26. The van der Waals surface area contributed by atoms with Gasteiger partial charge in [0.25, 0.3) is 0 Å². The molecule has 0 radical (unpaired) electrons. The number of amides is 2. The predicted molar refractivity (Wildman–Crippen MR) is 116 cm³/mol. The minimum absolute atomic E-state index is 0.0668. The summed E-state index contributed by atoms with van der Waals surface area (Å²) in [6, 6.07) is 14.6. The fraction of sp³-hybridized carbons (Fsp3) is 0.273. The quantitative estimate of drug-likeness (QED) is 0.444. The van der Waals surface area contributed by atoms with E-state index in [0.717, 1.165) is 11.3 Å². The summed E-state index contributed by atoms with van der Waals surface area (Å²) in [5.41, 5.74) is 0.822. The topological polar surface area (TPSA) is 102 Å². The summed E-state index contributed by atoms with van der Waals surface area (Å²) in [5, 5.41) is 5.22. The molecule has 2 aromatic carbocycles. The van der Waals surface area contributed by atoms with Crippen LogP contribution in [-0.2, 0) is 19.4 Å². The average molecular weight is 431 g/mol. The monoisotopic (exact) mass is 430 g/mol. The minimum Gasteiger partial charge on any atom is -0.497 e. The lowest BCUT2D eigenvalue weighted by molar-refractivity contribution is -0.126. The van der Waals surface area contributed by atoms with Crippen LogP contribution in [0.25, 0.3) is 6.08 Å². The van der Waals surface area contributed by atoms with Crippen LogP contribution in [0.15, 0.2) is 65.6 Å². The third-order valence-corrected chi connectivity index (χ3v) is 6.10. The molecule has 1 unspecified atom stereocenters. The third kappa shape index (κ3) is 7.36. The maximum absolute atomic E-state index is 12.2. The Morgan fingerprint density at radius 2 is 1.73 bits per heavy atom. The molecule has 8 heteroatoms. The van der Waals surface area contributed by atoms with E-state index in [1.807, 2.05) is 12.1 Å². The van der Waals surface area contributed by atoms with E-state index in [1.54, 1.807) is 62.6 Å². The Labute approximate surface area is 177 Å². The molecule has 0 saturated heterocycles. The molecule has 1 atom stereocenters. The number of carbonyl (C=O) groups is 2. The number of hydrogen-bond acceptors (Lipinski definition) is 5. The molecule has 0 aromatic heterocycles. The lowest BCUT2D eigenvalue weighted by atomic mass is 10.2. The van der Waals surface area contributed by atoms with Crippen molar-refractivity contribution in [1.82, 2.24) is 10.6 Å². The molecule has 0 bridgehead atoms. The van der Waals surface area contributed by atoms with Crippen molar-refractivity contribution in [3.05, 3.63) is 66.2 Å². The highest BCUT2D eigenvalue weighted by Crippen LogP contribution is 2.12. The molecule has 0 aliphatic rings. The smallest absolute Gasteiger partial charge is 0.244 e. The van der Waals surface area contributed by atoms with E-state index in [4.69, 9.17) is 4.74 Å². The van der Waals surface area contributed by atoms with Crippen LogP contribution < -0.4 is 15.4 Å². The molecule has 2 N–H and O–H groups in total. The normalized spacial score (nSPS) is 12.3. The second-order valence-corrected chi connectivity index (χ2v) is 8.72. The fourth-order valence-corrected chi connectivity index (χ4v) is 3.92. The van der Waals surface area contributed by atoms with Gasteiger partial charge in [-0.25, -0.2) is 8.42 Å². The zero-order valence-corrected chi connectivity index (χ0v) is 17.8. The number of ether oxygens (including phenoxy) is 1. The molecule has 2 rings (SSSR count). The van der Waals surface area contributed by atoms with Gasteiger partial charge in [-0.3, -0.25) is 9.59 Å². The maximum atomic E-state index is 12.2. The van der Waals surface area contributed by atoms with Crippen molar-refractivity contribution in [2.75, 3.05) is 19.4 Å².